The summed E-state index contributed by atoms with van der Waals surface area (Å²) in [4.78, 5) is 0. The van der Waals surface area contributed by atoms with Crippen LogP contribution in [0.1, 0.15) is 26.2 Å². The van der Waals surface area contributed by atoms with Crippen LogP contribution < -0.4 is 0 Å². The lowest BCUT2D eigenvalue weighted by molar-refractivity contribution is -0.0890. The van der Waals surface area contributed by atoms with E-state index >= 15 is 0 Å². The first-order valence-electron chi connectivity index (χ1n) is 5.91. The summed E-state index contributed by atoms with van der Waals surface area (Å²) in [5.41, 5.74) is -0.516. The first-order valence-corrected chi connectivity index (χ1v) is 5.91. The van der Waals surface area contributed by atoms with Crippen LogP contribution in [-0.4, -0.2) is 19.9 Å². The zero-order valence-electron chi connectivity index (χ0n) is 10.3. The van der Waals surface area contributed by atoms with Gasteiger partial charge in [-0.2, -0.15) is 13.2 Å². The van der Waals surface area contributed by atoms with E-state index in [1.807, 2.05) is 6.92 Å². The summed E-state index contributed by atoms with van der Waals surface area (Å²) in [5.74, 6) is 0.178. The molecule has 0 bridgehead atoms. The van der Waals surface area contributed by atoms with E-state index in [0.29, 0.717) is 6.61 Å². The fraction of sp³-hybridized carbons (Fsp3) is 0.692. The summed E-state index contributed by atoms with van der Waals surface area (Å²) >= 11 is 0. The lowest BCUT2D eigenvalue weighted by Gasteiger charge is -2.23. The summed E-state index contributed by atoms with van der Waals surface area (Å²) in [6.07, 6.45) is 2.89. The lowest BCUT2D eigenvalue weighted by Crippen LogP contribution is -2.18. The number of halogens is 3. The molecule has 0 heterocycles. The minimum absolute atomic E-state index is 0.0424. The van der Waals surface area contributed by atoms with Crippen molar-refractivity contribution < 1.29 is 17.9 Å². The van der Waals surface area contributed by atoms with Crippen molar-refractivity contribution >= 4 is 0 Å². The van der Waals surface area contributed by atoms with E-state index in [0.717, 1.165) is 19.3 Å². The molecule has 0 radical (unpaired) electrons. The summed E-state index contributed by atoms with van der Waals surface area (Å²) < 4.78 is 42.3. The monoisotopic (exact) mass is 248 g/mol. The van der Waals surface area contributed by atoms with Crippen molar-refractivity contribution in [2.45, 2.75) is 32.4 Å². The highest BCUT2D eigenvalue weighted by Gasteiger charge is 2.34. The predicted molar refractivity (Wildman–Crippen MR) is 61.7 cm³/mol. The van der Waals surface area contributed by atoms with Crippen LogP contribution in [-0.2, 0) is 4.74 Å². The Morgan fingerprint density at radius 2 is 2.00 bits per heavy atom. The van der Waals surface area contributed by atoms with E-state index in [2.05, 4.69) is 0 Å². The van der Waals surface area contributed by atoms with Crippen molar-refractivity contribution in [3.8, 4) is 0 Å². The molecule has 2 unspecified atom stereocenters. The van der Waals surface area contributed by atoms with Gasteiger partial charge in [-0.3, -0.25) is 0 Å². The van der Waals surface area contributed by atoms with Gasteiger partial charge in [0.25, 0.3) is 0 Å². The van der Waals surface area contributed by atoms with Crippen LogP contribution in [0.25, 0.3) is 0 Å². The van der Waals surface area contributed by atoms with Crippen molar-refractivity contribution in [2.24, 2.45) is 11.8 Å². The minimum atomic E-state index is -4.22. The number of unbranched alkanes of at least 4 members (excludes halogenated alkanes) is 1. The second-order valence-corrected chi connectivity index (χ2v) is 4.49. The summed E-state index contributed by atoms with van der Waals surface area (Å²) in [7, 11) is 1.65. The highest BCUT2D eigenvalue weighted by atomic mass is 19.4. The third kappa shape index (κ3) is 4.54. The molecule has 1 aliphatic rings. The Morgan fingerprint density at radius 3 is 2.53 bits per heavy atom. The maximum Gasteiger partial charge on any atom is 0.416 e. The number of alkyl halides is 3. The molecule has 0 aromatic rings. The van der Waals surface area contributed by atoms with Crippen LogP contribution in [0.4, 0.5) is 13.2 Å². The second kappa shape index (κ2) is 6.24. The molecule has 0 aliphatic heterocycles. The van der Waals surface area contributed by atoms with Crippen LogP contribution in [0.15, 0.2) is 23.8 Å². The Morgan fingerprint density at radius 1 is 1.29 bits per heavy atom. The highest BCUT2D eigenvalue weighted by molar-refractivity contribution is 5.29. The number of rotatable bonds is 5. The van der Waals surface area contributed by atoms with Gasteiger partial charge in [-0.15, -0.1) is 0 Å². The number of allylic oxidation sites excluding steroid dienone is 4. The van der Waals surface area contributed by atoms with Crippen molar-refractivity contribution in [1.82, 2.24) is 0 Å². The quantitative estimate of drug-likeness (QED) is 0.665. The van der Waals surface area contributed by atoms with Crippen LogP contribution in [0.2, 0.25) is 0 Å². The van der Waals surface area contributed by atoms with E-state index in [-0.39, 0.29) is 11.8 Å². The first kappa shape index (κ1) is 14.3. The first-order chi connectivity index (χ1) is 7.95. The Bertz CT molecular complexity index is 292. The van der Waals surface area contributed by atoms with Crippen LogP contribution >= 0.6 is 0 Å². The number of ether oxygens (including phenoxy) is 1. The fourth-order valence-corrected chi connectivity index (χ4v) is 2.04. The van der Waals surface area contributed by atoms with Crippen molar-refractivity contribution in [2.75, 3.05) is 13.7 Å². The largest absolute Gasteiger partial charge is 0.416 e. The van der Waals surface area contributed by atoms with E-state index < -0.39 is 11.7 Å². The van der Waals surface area contributed by atoms with Crippen molar-refractivity contribution in [3.05, 3.63) is 23.8 Å². The number of methoxy groups -OCH3 is 1. The van der Waals surface area contributed by atoms with Crippen LogP contribution in [0.5, 0.6) is 0 Å². The lowest BCUT2D eigenvalue weighted by atomic mass is 9.83. The van der Waals surface area contributed by atoms with Crippen LogP contribution in [0, 0.1) is 11.8 Å². The van der Waals surface area contributed by atoms with Gasteiger partial charge in [0.05, 0.1) is 5.57 Å². The smallest absolute Gasteiger partial charge is 0.385 e. The molecule has 0 spiro atoms. The van der Waals surface area contributed by atoms with Gasteiger partial charge in [-0.25, -0.2) is 0 Å². The van der Waals surface area contributed by atoms with E-state index in [1.54, 1.807) is 13.2 Å². The standard InChI is InChI=1S/C13H19F3O/c1-10-9-12(13(14,15)16)7-6-11(10)5-3-4-8-17-2/h6-7,9-11H,3-5,8H2,1-2H3. The molecule has 0 fully saturated rings. The van der Waals surface area contributed by atoms with Gasteiger partial charge in [0.1, 0.15) is 0 Å². The van der Waals surface area contributed by atoms with Crippen LogP contribution in [0.3, 0.4) is 0 Å². The van der Waals surface area contributed by atoms with Gasteiger partial charge in [0.2, 0.25) is 0 Å². The second-order valence-electron chi connectivity index (χ2n) is 4.49. The topological polar surface area (TPSA) is 9.23 Å². The molecule has 2 atom stereocenters. The molecule has 17 heavy (non-hydrogen) atoms. The third-order valence-electron chi connectivity index (χ3n) is 3.10. The Kier molecular flexibility index (Phi) is 5.25. The van der Waals surface area contributed by atoms with Gasteiger partial charge < -0.3 is 4.74 Å². The van der Waals surface area contributed by atoms with Crippen molar-refractivity contribution in [1.29, 1.82) is 0 Å². The van der Waals surface area contributed by atoms with Crippen molar-refractivity contribution in [3.63, 3.8) is 0 Å². The Balaban J connectivity index is 2.44. The number of hydrogen-bond donors (Lipinski definition) is 0. The Hall–Kier alpha value is -0.770. The zero-order chi connectivity index (χ0) is 12.9. The van der Waals surface area contributed by atoms with E-state index in [4.69, 9.17) is 4.74 Å². The SMILES string of the molecule is COCCCCC1C=CC(C(F)(F)F)=CC1C. The normalized spacial score (nSPS) is 24.9. The summed E-state index contributed by atoms with van der Waals surface area (Å²) in [6, 6.07) is 0. The molecule has 0 amide bonds. The maximum atomic E-state index is 12.5. The average molecular weight is 248 g/mol. The van der Waals surface area contributed by atoms with Gasteiger partial charge >= 0.3 is 6.18 Å². The molecule has 4 heteroatoms. The molecule has 0 aromatic heterocycles. The van der Waals surface area contributed by atoms with E-state index in [1.165, 1.54) is 12.2 Å². The third-order valence-corrected chi connectivity index (χ3v) is 3.10. The predicted octanol–water partition coefficient (Wildman–Crippen LogP) is 4.11. The highest BCUT2D eigenvalue weighted by Crippen LogP contribution is 2.34. The van der Waals surface area contributed by atoms with Gasteiger partial charge in [-0.1, -0.05) is 31.6 Å². The molecular weight excluding hydrogens is 229 g/mol. The molecule has 0 saturated carbocycles. The zero-order valence-corrected chi connectivity index (χ0v) is 10.3. The van der Waals surface area contributed by atoms with E-state index in [9.17, 15) is 13.2 Å². The fourth-order valence-electron chi connectivity index (χ4n) is 2.04. The summed E-state index contributed by atoms with van der Waals surface area (Å²) in [6.45, 7) is 2.56. The molecule has 0 aromatic carbocycles. The average Bonchev–Trinajstić information content (AvgIpc) is 2.24. The molecule has 98 valence electrons. The van der Waals surface area contributed by atoms with Gasteiger partial charge in [0.15, 0.2) is 0 Å². The van der Waals surface area contributed by atoms with Gasteiger partial charge in [0, 0.05) is 13.7 Å². The molecule has 1 nitrogen and oxygen atoms in total. The Labute approximate surface area is 100 Å². The minimum Gasteiger partial charge on any atom is -0.385 e. The molecule has 0 saturated heterocycles. The van der Waals surface area contributed by atoms with Gasteiger partial charge in [-0.05, 0) is 24.7 Å². The molecular formula is C13H19F3O. The molecule has 0 N–H and O–H groups in total. The molecule has 1 aliphatic carbocycles. The number of hydrogen-bond acceptors (Lipinski definition) is 1. The summed E-state index contributed by atoms with van der Waals surface area (Å²) in [5, 5.41) is 0. The molecule has 1 rings (SSSR count). The maximum absolute atomic E-state index is 12.5.